The van der Waals surface area contributed by atoms with Crippen LogP contribution in [0.4, 0.5) is 5.69 Å². The van der Waals surface area contributed by atoms with Gasteiger partial charge in [-0.3, -0.25) is 0 Å². The first-order chi connectivity index (χ1) is 8.79. The third-order valence-corrected chi connectivity index (χ3v) is 3.85. The Morgan fingerprint density at radius 1 is 1.22 bits per heavy atom. The van der Waals surface area contributed by atoms with E-state index in [1.54, 1.807) is 0 Å². The van der Waals surface area contributed by atoms with Gasteiger partial charge in [0.1, 0.15) is 6.04 Å². The molecular weight excluding hydrogens is 220 g/mol. The molecule has 0 bridgehead atoms. The fourth-order valence-electron chi connectivity index (χ4n) is 2.81. The third-order valence-electron chi connectivity index (χ3n) is 3.85. The summed E-state index contributed by atoms with van der Waals surface area (Å²) in [6, 6.07) is 10.7. The number of benzene rings is 1. The van der Waals surface area contributed by atoms with Gasteiger partial charge in [-0.25, -0.2) is 0 Å². The number of nitrogens with zero attached hydrogens (tertiary/aromatic N) is 1. The summed E-state index contributed by atoms with van der Waals surface area (Å²) in [5.74, 6) is 0.512. The van der Waals surface area contributed by atoms with Crippen LogP contribution in [0.2, 0.25) is 0 Å². The van der Waals surface area contributed by atoms with Gasteiger partial charge >= 0.3 is 0 Å². The third kappa shape index (κ3) is 3.50. The lowest BCUT2D eigenvalue weighted by Crippen LogP contribution is -2.27. The Bertz CT molecular complexity index is 411. The zero-order valence-electron chi connectivity index (χ0n) is 11.2. The van der Waals surface area contributed by atoms with E-state index in [1.807, 2.05) is 12.1 Å². The predicted octanol–water partition coefficient (Wildman–Crippen LogP) is 4.27. The molecule has 1 aromatic rings. The van der Waals surface area contributed by atoms with Crippen LogP contribution in [-0.2, 0) is 0 Å². The van der Waals surface area contributed by atoms with Gasteiger partial charge in [0.2, 0.25) is 0 Å². The van der Waals surface area contributed by atoms with Crippen LogP contribution in [-0.4, -0.2) is 6.04 Å². The number of hydrogen-bond acceptors (Lipinski definition) is 2. The molecule has 2 rings (SSSR count). The van der Waals surface area contributed by atoms with Gasteiger partial charge in [-0.2, -0.15) is 5.26 Å². The molecule has 0 spiro atoms. The molecule has 0 aliphatic heterocycles. The summed E-state index contributed by atoms with van der Waals surface area (Å²) < 4.78 is 0. The summed E-state index contributed by atoms with van der Waals surface area (Å²) in [5, 5.41) is 12.8. The fraction of sp³-hybridized carbons (Fsp3) is 0.562. The quantitative estimate of drug-likeness (QED) is 0.803. The van der Waals surface area contributed by atoms with Gasteiger partial charge in [-0.05, 0) is 43.4 Å². The minimum absolute atomic E-state index is 0.0371. The van der Waals surface area contributed by atoms with E-state index in [2.05, 4.69) is 30.4 Å². The molecule has 2 heteroatoms. The van der Waals surface area contributed by atoms with Crippen molar-refractivity contribution in [2.45, 2.75) is 51.5 Å². The van der Waals surface area contributed by atoms with Crippen LogP contribution in [0.15, 0.2) is 24.3 Å². The molecule has 0 saturated heterocycles. The number of anilines is 1. The monoisotopic (exact) mass is 242 g/mol. The van der Waals surface area contributed by atoms with Gasteiger partial charge < -0.3 is 5.32 Å². The molecule has 0 amide bonds. The number of rotatable bonds is 3. The molecular formula is C16H22N2. The molecule has 1 unspecified atom stereocenters. The number of hydrogen-bond donors (Lipinski definition) is 1. The van der Waals surface area contributed by atoms with E-state index in [1.165, 1.54) is 44.1 Å². The van der Waals surface area contributed by atoms with Gasteiger partial charge in [-0.15, -0.1) is 0 Å². The second kappa shape index (κ2) is 6.44. The van der Waals surface area contributed by atoms with Crippen LogP contribution >= 0.6 is 0 Å². The minimum atomic E-state index is -0.0371. The molecule has 1 aliphatic rings. The fourth-order valence-corrected chi connectivity index (χ4v) is 2.81. The summed E-state index contributed by atoms with van der Waals surface area (Å²) in [6.45, 7) is 2.08. The molecule has 0 radical (unpaired) electrons. The minimum Gasteiger partial charge on any atom is -0.370 e. The van der Waals surface area contributed by atoms with Gasteiger partial charge in [-0.1, -0.05) is 37.8 Å². The first-order valence-electron chi connectivity index (χ1n) is 7.02. The van der Waals surface area contributed by atoms with Crippen molar-refractivity contribution in [3.05, 3.63) is 29.8 Å². The summed E-state index contributed by atoms with van der Waals surface area (Å²) in [6.07, 6.45) is 7.60. The summed E-state index contributed by atoms with van der Waals surface area (Å²) in [5.41, 5.74) is 2.31. The van der Waals surface area contributed by atoms with Gasteiger partial charge in [0, 0.05) is 5.69 Å². The van der Waals surface area contributed by atoms with Crippen LogP contribution in [0.25, 0.3) is 0 Å². The van der Waals surface area contributed by atoms with Crippen LogP contribution in [0.1, 0.15) is 44.1 Å². The lowest BCUT2D eigenvalue weighted by Gasteiger charge is -2.22. The summed E-state index contributed by atoms with van der Waals surface area (Å²) in [4.78, 5) is 0. The van der Waals surface area contributed by atoms with Gasteiger partial charge in [0.15, 0.2) is 0 Å². The van der Waals surface area contributed by atoms with E-state index in [0.29, 0.717) is 5.92 Å². The first-order valence-corrected chi connectivity index (χ1v) is 7.02. The van der Waals surface area contributed by atoms with Crippen molar-refractivity contribution in [2.75, 3.05) is 5.32 Å². The maximum Gasteiger partial charge on any atom is 0.117 e. The maximum atomic E-state index is 9.39. The Hall–Kier alpha value is -1.49. The van der Waals surface area contributed by atoms with Crippen molar-refractivity contribution >= 4 is 5.69 Å². The number of aryl methyl sites for hydroxylation is 1. The Kier molecular flexibility index (Phi) is 4.64. The predicted molar refractivity (Wildman–Crippen MR) is 75.4 cm³/mol. The van der Waals surface area contributed by atoms with E-state index in [-0.39, 0.29) is 6.04 Å². The molecule has 1 aliphatic carbocycles. The molecule has 1 saturated carbocycles. The van der Waals surface area contributed by atoms with E-state index in [4.69, 9.17) is 0 Å². The normalized spacial score (nSPS) is 18.7. The van der Waals surface area contributed by atoms with Crippen molar-refractivity contribution in [3.63, 3.8) is 0 Å². The van der Waals surface area contributed by atoms with Crippen LogP contribution < -0.4 is 5.32 Å². The van der Waals surface area contributed by atoms with E-state index < -0.39 is 0 Å². The molecule has 1 N–H and O–H groups in total. The average Bonchev–Trinajstić information content (AvgIpc) is 2.65. The van der Waals surface area contributed by atoms with Crippen molar-refractivity contribution in [1.82, 2.24) is 0 Å². The molecule has 18 heavy (non-hydrogen) atoms. The second-order valence-corrected chi connectivity index (χ2v) is 5.37. The highest BCUT2D eigenvalue weighted by atomic mass is 14.9. The second-order valence-electron chi connectivity index (χ2n) is 5.37. The molecule has 0 heterocycles. The zero-order chi connectivity index (χ0) is 12.8. The topological polar surface area (TPSA) is 35.8 Å². The van der Waals surface area contributed by atoms with Gasteiger partial charge in [0.05, 0.1) is 6.07 Å². The number of nitriles is 1. The lowest BCUT2D eigenvalue weighted by molar-refractivity contribution is 0.439. The largest absolute Gasteiger partial charge is 0.370 e. The highest BCUT2D eigenvalue weighted by Gasteiger charge is 2.22. The highest BCUT2D eigenvalue weighted by Crippen LogP contribution is 2.27. The molecule has 0 aromatic heterocycles. The lowest BCUT2D eigenvalue weighted by atomic mass is 9.92. The van der Waals surface area contributed by atoms with Crippen LogP contribution in [0, 0.1) is 24.2 Å². The Morgan fingerprint density at radius 2 is 1.94 bits per heavy atom. The smallest absolute Gasteiger partial charge is 0.117 e. The summed E-state index contributed by atoms with van der Waals surface area (Å²) in [7, 11) is 0. The zero-order valence-corrected chi connectivity index (χ0v) is 11.2. The van der Waals surface area contributed by atoms with Crippen molar-refractivity contribution in [1.29, 1.82) is 5.26 Å². The maximum absolute atomic E-state index is 9.39. The molecule has 2 nitrogen and oxygen atoms in total. The first kappa shape index (κ1) is 13.0. The van der Waals surface area contributed by atoms with Crippen molar-refractivity contribution < 1.29 is 0 Å². The standard InChI is InChI=1S/C16H22N2/c1-13-7-6-10-15(11-13)18-16(12-17)14-8-4-2-3-5-9-14/h6-7,10-11,14,16,18H,2-5,8-9H2,1H3. The van der Waals surface area contributed by atoms with Crippen LogP contribution in [0.3, 0.4) is 0 Å². The molecule has 96 valence electrons. The van der Waals surface area contributed by atoms with Crippen molar-refractivity contribution in [3.8, 4) is 6.07 Å². The van der Waals surface area contributed by atoms with E-state index >= 15 is 0 Å². The Labute approximate surface area is 110 Å². The number of nitrogens with one attached hydrogen (secondary N) is 1. The Balaban J connectivity index is 2.02. The average molecular weight is 242 g/mol. The van der Waals surface area contributed by atoms with E-state index in [0.717, 1.165) is 5.69 Å². The molecule has 1 atom stereocenters. The SMILES string of the molecule is Cc1cccc(NC(C#N)C2CCCCCC2)c1. The summed E-state index contributed by atoms with van der Waals surface area (Å²) >= 11 is 0. The van der Waals surface area contributed by atoms with Gasteiger partial charge in [0.25, 0.3) is 0 Å². The molecule has 1 aromatic carbocycles. The van der Waals surface area contributed by atoms with Crippen molar-refractivity contribution in [2.24, 2.45) is 5.92 Å². The Morgan fingerprint density at radius 3 is 2.56 bits per heavy atom. The van der Waals surface area contributed by atoms with E-state index in [9.17, 15) is 5.26 Å². The highest BCUT2D eigenvalue weighted by molar-refractivity contribution is 5.47. The molecule has 1 fully saturated rings. The van der Waals surface area contributed by atoms with Crippen LogP contribution in [0.5, 0.6) is 0 Å².